The van der Waals surface area contributed by atoms with Gasteiger partial charge in [-0.1, -0.05) is 23.4 Å². The maximum Gasteiger partial charge on any atom is 0.231 e. The molecule has 2 atom stereocenters. The van der Waals surface area contributed by atoms with Gasteiger partial charge in [0.05, 0.1) is 23.7 Å². The summed E-state index contributed by atoms with van der Waals surface area (Å²) in [4.78, 5) is 5.60. The number of aromatic nitrogens is 2. The van der Waals surface area contributed by atoms with Crippen LogP contribution in [0.4, 0.5) is 0 Å². The van der Waals surface area contributed by atoms with Gasteiger partial charge in [-0.3, -0.25) is 0 Å². The molecule has 0 spiro atoms. The maximum absolute atomic E-state index is 8.78. The van der Waals surface area contributed by atoms with E-state index in [1.807, 2.05) is 12.1 Å². The average Bonchev–Trinajstić information content (AvgIpc) is 3.08. The smallest absolute Gasteiger partial charge is 0.231 e. The first-order valence-electron chi connectivity index (χ1n) is 6.18. The highest BCUT2D eigenvalue weighted by atomic mass is 32.2. The van der Waals surface area contributed by atoms with Gasteiger partial charge in [0.1, 0.15) is 0 Å². The highest BCUT2D eigenvalue weighted by Gasteiger charge is 2.43. The van der Waals surface area contributed by atoms with E-state index in [9.17, 15) is 0 Å². The standard InChI is InChI=1S/C14H13N3OS/c1-9-4-2-3-5-12(9)19-8-13-16-14(18-17-13)11-6-10(11)7-15/h2-5,10-11H,6,8H2,1H3. The minimum absolute atomic E-state index is 0.0670. The van der Waals surface area contributed by atoms with E-state index in [2.05, 4.69) is 35.3 Å². The molecule has 0 bridgehead atoms. The lowest BCUT2D eigenvalue weighted by molar-refractivity contribution is 0.373. The molecular weight excluding hydrogens is 258 g/mol. The third-order valence-electron chi connectivity index (χ3n) is 3.21. The van der Waals surface area contributed by atoms with Crippen molar-refractivity contribution in [1.29, 1.82) is 5.26 Å². The van der Waals surface area contributed by atoms with Crippen LogP contribution in [0.1, 0.15) is 29.6 Å². The van der Waals surface area contributed by atoms with E-state index in [1.54, 1.807) is 11.8 Å². The first-order chi connectivity index (χ1) is 9.28. The van der Waals surface area contributed by atoms with Gasteiger partial charge in [0.15, 0.2) is 5.82 Å². The summed E-state index contributed by atoms with van der Waals surface area (Å²) in [5.41, 5.74) is 1.25. The summed E-state index contributed by atoms with van der Waals surface area (Å²) < 4.78 is 5.21. The summed E-state index contributed by atoms with van der Waals surface area (Å²) in [5.74, 6) is 2.24. The van der Waals surface area contributed by atoms with Crippen molar-refractivity contribution in [3.8, 4) is 6.07 Å². The number of thioether (sulfide) groups is 1. The molecule has 2 aromatic rings. The Balaban J connectivity index is 1.62. The number of nitriles is 1. The molecule has 1 heterocycles. The van der Waals surface area contributed by atoms with Crippen molar-refractivity contribution < 1.29 is 4.52 Å². The van der Waals surface area contributed by atoms with Gasteiger partial charge in [0.25, 0.3) is 0 Å². The van der Waals surface area contributed by atoms with Crippen LogP contribution < -0.4 is 0 Å². The van der Waals surface area contributed by atoms with Crippen molar-refractivity contribution in [2.24, 2.45) is 5.92 Å². The molecule has 5 heteroatoms. The molecule has 1 aromatic heterocycles. The Hall–Kier alpha value is -1.80. The van der Waals surface area contributed by atoms with Crippen LogP contribution in [-0.4, -0.2) is 10.1 Å². The Morgan fingerprint density at radius 3 is 3.05 bits per heavy atom. The molecule has 4 nitrogen and oxygen atoms in total. The van der Waals surface area contributed by atoms with Crippen LogP contribution in [0.25, 0.3) is 0 Å². The molecule has 0 saturated heterocycles. The largest absolute Gasteiger partial charge is 0.339 e. The summed E-state index contributed by atoms with van der Waals surface area (Å²) in [6, 6.07) is 10.5. The minimum atomic E-state index is 0.0670. The SMILES string of the molecule is Cc1ccccc1SCc1noc(C2CC2C#N)n1. The van der Waals surface area contributed by atoms with Crippen molar-refractivity contribution in [3.63, 3.8) is 0 Å². The minimum Gasteiger partial charge on any atom is -0.339 e. The van der Waals surface area contributed by atoms with Crippen LogP contribution in [0, 0.1) is 24.2 Å². The molecule has 0 aliphatic heterocycles. The second kappa shape index (κ2) is 5.06. The third-order valence-corrected chi connectivity index (χ3v) is 4.38. The fraction of sp³-hybridized carbons (Fsp3) is 0.357. The predicted molar refractivity (Wildman–Crippen MR) is 71.5 cm³/mol. The van der Waals surface area contributed by atoms with Crippen LogP contribution in [0.2, 0.25) is 0 Å². The normalized spacial score (nSPS) is 21.1. The molecule has 0 radical (unpaired) electrons. The van der Waals surface area contributed by atoms with Crippen molar-refractivity contribution >= 4 is 11.8 Å². The zero-order valence-corrected chi connectivity index (χ0v) is 11.4. The van der Waals surface area contributed by atoms with Crippen molar-refractivity contribution in [2.75, 3.05) is 0 Å². The molecule has 0 N–H and O–H groups in total. The highest BCUT2D eigenvalue weighted by molar-refractivity contribution is 7.98. The Labute approximate surface area is 115 Å². The van der Waals surface area contributed by atoms with E-state index in [4.69, 9.17) is 9.78 Å². The van der Waals surface area contributed by atoms with Gasteiger partial charge < -0.3 is 4.52 Å². The Morgan fingerprint density at radius 1 is 1.47 bits per heavy atom. The molecule has 0 amide bonds. The van der Waals surface area contributed by atoms with E-state index in [0.29, 0.717) is 17.5 Å². The first-order valence-corrected chi connectivity index (χ1v) is 7.17. The van der Waals surface area contributed by atoms with Gasteiger partial charge in [-0.05, 0) is 25.0 Å². The quantitative estimate of drug-likeness (QED) is 0.798. The van der Waals surface area contributed by atoms with Gasteiger partial charge in [-0.25, -0.2) is 0 Å². The van der Waals surface area contributed by atoms with Crippen molar-refractivity contribution in [3.05, 3.63) is 41.5 Å². The van der Waals surface area contributed by atoms with Crippen molar-refractivity contribution in [1.82, 2.24) is 10.1 Å². The van der Waals surface area contributed by atoms with Crippen molar-refractivity contribution in [2.45, 2.75) is 29.9 Å². The Bertz CT molecular complexity index is 632. The molecule has 1 aliphatic rings. The fourth-order valence-electron chi connectivity index (χ4n) is 1.95. The second-order valence-corrected chi connectivity index (χ2v) is 5.70. The van der Waals surface area contributed by atoms with Gasteiger partial charge >= 0.3 is 0 Å². The van der Waals surface area contributed by atoms with Crippen LogP contribution in [-0.2, 0) is 5.75 Å². The number of hydrogen-bond donors (Lipinski definition) is 0. The summed E-state index contributed by atoms with van der Waals surface area (Å²) in [5, 5.41) is 12.8. The lowest BCUT2D eigenvalue weighted by atomic mass is 10.2. The van der Waals surface area contributed by atoms with E-state index in [-0.39, 0.29) is 11.8 Å². The number of aryl methyl sites for hydroxylation is 1. The third kappa shape index (κ3) is 2.64. The second-order valence-electron chi connectivity index (χ2n) is 4.68. The van der Waals surface area contributed by atoms with Gasteiger partial charge in [-0.15, -0.1) is 11.8 Å². The topological polar surface area (TPSA) is 62.7 Å². The molecule has 96 valence electrons. The molecular formula is C14H13N3OS. The zero-order valence-electron chi connectivity index (χ0n) is 10.5. The van der Waals surface area contributed by atoms with Crippen LogP contribution >= 0.6 is 11.8 Å². The van der Waals surface area contributed by atoms with Crippen LogP contribution in [0.5, 0.6) is 0 Å². The predicted octanol–water partition coefficient (Wildman–Crippen LogP) is 3.30. The average molecular weight is 271 g/mol. The van der Waals surface area contributed by atoms with Crippen LogP contribution in [0.3, 0.4) is 0 Å². The van der Waals surface area contributed by atoms with Gasteiger partial charge in [-0.2, -0.15) is 10.2 Å². The number of rotatable bonds is 4. The van der Waals surface area contributed by atoms with E-state index >= 15 is 0 Å². The summed E-state index contributed by atoms with van der Waals surface area (Å²) in [7, 11) is 0. The molecule has 3 rings (SSSR count). The molecule has 1 fully saturated rings. The summed E-state index contributed by atoms with van der Waals surface area (Å²) >= 11 is 1.70. The number of hydrogen-bond acceptors (Lipinski definition) is 5. The molecule has 1 saturated carbocycles. The van der Waals surface area contributed by atoms with E-state index in [0.717, 1.165) is 6.42 Å². The zero-order chi connectivity index (χ0) is 13.2. The molecule has 19 heavy (non-hydrogen) atoms. The van der Waals surface area contributed by atoms with E-state index in [1.165, 1.54) is 10.5 Å². The molecule has 2 unspecified atom stereocenters. The molecule has 1 aromatic carbocycles. The first kappa shape index (κ1) is 12.2. The lowest BCUT2D eigenvalue weighted by Gasteiger charge is -2.01. The van der Waals surface area contributed by atoms with E-state index < -0.39 is 0 Å². The monoisotopic (exact) mass is 271 g/mol. The summed E-state index contributed by atoms with van der Waals surface area (Å²) in [6.45, 7) is 2.09. The Morgan fingerprint density at radius 2 is 2.32 bits per heavy atom. The number of nitrogens with zero attached hydrogens (tertiary/aromatic N) is 3. The van der Waals surface area contributed by atoms with Crippen LogP contribution in [0.15, 0.2) is 33.7 Å². The maximum atomic E-state index is 8.78. The lowest BCUT2D eigenvalue weighted by Crippen LogP contribution is -1.87. The highest BCUT2D eigenvalue weighted by Crippen LogP contribution is 2.46. The number of benzene rings is 1. The fourth-order valence-corrected chi connectivity index (χ4v) is 2.82. The Kier molecular flexibility index (Phi) is 3.26. The van der Waals surface area contributed by atoms with Gasteiger partial charge in [0.2, 0.25) is 5.89 Å². The van der Waals surface area contributed by atoms with Gasteiger partial charge in [0, 0.05) is 4.90 Å². The molecule has 1 aliphatic carbocycles. The summed E-state index contributed by atoms with van der Waals surface area (Å²) in [6.07, 6.45) is 0.850.